The largest absolute Gasteiger partial charge is 0.392 e. The Bertz CT molecular complexity index is 631. The number of unbranched alkanes of at least 4 members (excludes halogenated alkanes) is 1. The van der Waals surface area contributed by atoms with Crippen LogP contribution in [0.4, 0.5) is 0 Å². The monoisotopic (exact) mass is 324 g/mol. The minimum Gasteiger partial charge on any atom is -0.392 e. The molecule has 0 unspecified atom stereocenters. The van der Waals surface area contributed by atoms with Gasteiger partial charge in [0, 0.05) is 0 Å². The Labute approximate surface area is 145 Å². The van der Waals surface area contributed by atoms with Gasteiger partial charge in [0.05, 0.1) is 12.2 Å². The van der Waals surface area contributed by atoms with Crippen molar-refractivity contribution in [1.29, 1.82) is 0 Å². The maximum atomic E-state index is 9.71. The minimum atomic E-state index is -0.552. The maximum absolute atomic E-state index is 9.71. The molecule has 2 aromatic rings. The van der Waals surface area contributed by atoms with Gasteiger partial charge in [-0.1, -0.05) is 67.1 Å². The van der Waals surface area contributed by atoms with E-state index in [-0.39, 0.29) is 6.61 Å². The minimum absolute atomic E-state index is 0.0846. The summed E-state index contributed by atoms with van der Waals surface area (Å²) < 4.78 is 0. The topological polar surface area (TPSA) is 40.5 Å². The van der Waals surface area contributed by atoms with Crippen LogP contribution < -0.4 is 0 Å². The SMILES string of the molecule is CC(C)(O)CCCCc1ccc(C=Cc2ccc(CO)cc2)cc1. The Balaban J connectivity index is 1.83. The van der Waals surface area contributed by atoms with Crippen molar-refractivity contribution in [3.8, 4) is 0 Å². The number of aliphatic hydroxyl groups excluding tert-OH is 1. The van der Waals surface area contributed by atoms with Gasteiger partial charge in [-0.05, 0) is 55.4 Å². The fraction of sp³-hybridized carbons (Fsp3) is 0.364. The van der Waals surface area contributed by atoms with E-state index >= 15 is 0 Å². The molecule has 24 heavy (non-hydrogen) atoms. The Morgan fingerprint density at radius 3 is 1.75 bits per heavy atom. The molecule has 0 aliphatic rings. The van der Waals surface area contributed by atoms with Crippen LogP contribution in [-0.2, 0) is 13.0 Å². The van der Waals surface area contributed by atoms with Gasteiger partial charge in [0.15, 0.2) is 0 Å². The van der Waals surface area contributed by atoms with Crippen LogP contribution in [0.1, 0.15) is 55.4 Å². The average Bonchev–Trinajstić information content (AvgIpc) is 2.57. The van der Waals surface area contributed by atoms with Crippen LogP contribution in [0.5, 0.6) is 0 Å². The van der Waals surface area contributed by atoms with Gasteiger partial charge in [0.25, 0.3) is 0 Å². The number of aliphatic hydroxyl groups is 2. The summed E-state index contributed by atoms with van der Waals surface area (Å²) in [6.45, 7) is 3.82. The zero-order valence-electron chi connectivity index (χ0n) is 14.7. The third kappa shape index (κ3) is 6.69. The highest BCUT2D eigenvalue weighted by molar-refractivity contribution is 5.69. The second-order valence-corrected chi connectivity index (χ2v) is 6.99. The first-order chi connectivity index (χ1) is 11.5. The van der Waals surface area contributed by atoms with Crippen molar-refractivity contribution >= 4 is 12.2 Å². The molecule has 0 spiro atoms. The summed E-state index contributed by atoms with van der Waals surface area (Å²) in [5, 5.41) is 18.8. The Hall–Kier alpha value is -1.90. The molecule has 0 bridgehead atoms. The van der Waals surface area contributed by atoms with E-state index in [0.717, 1.165) is 36.8 Å². The van der Waals surface area contributed by atoms with Crippen molar-refractivity contribution in [2.45, 2.75) is 51.7 Å². The lowest BCUT2D eigenvalue weighted by Gasteiger charge is -2.16. The summed E-state index contributed by atoms with van der Waals surface area (Å²) in [6, 6.07) is 16.6. The van der Waals surface area contributed by atoms with Crippen molar-refractivity contribution in [3.63, 3.8) is 0 Å². The molecule has 2 N–H and O–H groups in total. The summed E-state index contributed by atoms with van der Waals surface area (Å²) in [7, 11) is 0. The number of rotatable bonds is 8. The maximum Gasteiger partial charge on any atom is 0.0681 e. The highest BCUT2D eigenvalue weighted by Crippen LogP contribution is 2.15. The van der Waals surface area contributed by atoms with Crippen LogP contribution >= 0.6 is 0 Å². The molecule has 0 radical (unpaired) electrons. The molecule has 0 fully saturated rings. The fourth-order valence-electron chi connectivity index (χ4n) is 2.61. The van der Waals surface area contributed by atoms with Crippen LogP contribution in [-0.4, -0.2) is 15.8 Å². The Morgan fingerprint density at radius 2 is 1.29 bits per heavy atom. The zero-order valence-corrected chi connectivity index (χ0v) is 14.7. The highest BCUT2D eigenvalue weighted by Gasteiger charge is 2.10. The van der Waals surface area contributed by atoms with Crippen LogP contribution in [0.3, 0.4) is 0 Å². The molecule has 128 valence electrons. The van der Waals surface area contributed by atoms with E-state index in [0.29, 0.717) is 0 Å². The molecule has 0 saturated carbocycles. The number of hydrogen-bond acceptors (Lipinski definition) is 2. The summed E-state index contributed by atoms with van der Waals surface area (Å²) in [6.07, 6.45) is 8.25. The number of aryl methyl sites for hydroxylation is 1. The summed E-state index contributed by atoms with van der Waals surface area (Å²) in [5.74, 6) is 0. The third-order valence-electron chi connectivity index (χ3n) is 4.11. The van der Waals surface area contributed by atoms with Crippen molar-refractivity contribution in [2.75, 3.05) is 0 Å². The smallest absolute Gasteiger partial charge is 0.0681 e. The fourth-order valence-corrected chi connectivity index (χ4v) is 2.61. The van der Waals surface area contributed by atoms with E-state index in [2.05, 4.69) is 36.4 Å². The van der Waals surface area contributed by atoms with Gasteiger partial charge in [-0.15, -0.1) is 0 Å². The molecule has 2 nitrogen and oxygen atoms in total. The molecule has 0 aliphatic heterocycles. The normalized spacial score (nSPS) is 12.0. The lowest BCUT2D eigenvalue weighted by atomic mass is 9.99. The van der Waals surface area contributed by atoms with Crippen LogP contribution in [0.25, 0.3) is 12.2 Å². The number of hydrogen-bond donors (Lipinski definition) is 2. The van der Waals surface area contributed by atoms with Gasteiger partial charge in [-0.2, -0.15) is 0 Å². The van der Waals surface area contributed by atoms with Gasteiger partial charge < -0.3 is 10.2 Å². The summed E-state index contributed by atoms with van der Waals surface area (Å²) in [5.41, 5.74) is 4.03. The molecule has 2 aromatic carbocycles. The second-order valence-electron chi connectivity index (χ2n) is 6.99. The molecule has 0 atom stereocenters. The summed E-state index contributed by atoms with van der Waals surface area (Å²) >= 11 is 0. The second kappa shape index (κ2) is 8.81. The van der Waals surface area contributed by atoms with E-state index in [1.165, 1.54) is 11.1 Å². The molecule has 0 amide bonds. The van der Waals surface area contributed by atoms with Crippen molar-refractivity contribution < 1.29 is 10.2 Å². The summed E-state index contributed by atoms with van der Waals surface area (Å²) in [4.78, 5) is 0. The van der Waals surface area contributed by atoms with Gasteiger partial charge in [-0.3, -0.25) is 0 Å². The first-order valence-corrected chi connectivity index (χ1v) is 8.65. The Kier molecular flexibility index (Phi) is 6.77. The predicted octanol–water partition coefficient (Wildman–Crippen LogP) is 4.83. The lowest BCUT2D eigenvalue weighted by Crippen LogP contribution is -2.17. The molecule has 0 aromatic heterocycles. The zero-order chi connectivity index (χ0) is 17.4. The van der Waals surface area contributed by atoms with E-state index < -0.39 is 5.60 Å². The van der Waals surface area contributed by atoms with Crippen molar-refractivity contribution in [2.24, 2.45) is 0 Å². The first kappa shape index (κ1) is 18.4. The van der Waals surface area contributed by atoms with E-state index in [1.807, 2.05) is 38.1 Å². The highest BCUT2D eigenvalue weighted by atomic mass is 16.3. The first-order valence-electron chi connectivity index (χ1n) is 8.65. The molecular weight excluding hydrogens is 296 g/mol. The van der Waals surface area contributed by atoms with Gasteiger partial charge in [-0.25, -0.2) is 0 Å². The quantitative estimate of drug-likeness (QED) is 0.539. The van der Waals surface area contributed by atoms with Crippen LogP contribution in [0.2, 0.25) is 0 Å². The van der Waals surface area contributed by atoms with Crippen molar-refractivity contribution in [1.82, 2.24) is 0 Å². The third-order valence-corrected chi connectivity index (χ3v) is 4.11. The van der Waals surface area contributed by atoms with Gasteiger partial charge in [0.2, 0.25) is 0 Å². The molecule has 0 saturated heterocycles. The molecule has 0 aliphatic carbocycles. The molecule has 0 heterocycles. The lowest BCUT2D eigenvalue weighted by molar-refractivity contribution is 0.0682. The van der Waals surface area contributed by atoms with Crippen LogP contribution in [0.15, 0.2) is 48.5 Å². The van der Waals surface area contributed by atoms with Crippen molar-refractivity contribution in [3.05, 3.63) is 70.8 Å². The standard InChI is InChI=1S/C22H28O2/c1-22(2,24)16-4-3-5-18-6-8-19(9-7-18)10-11-20-12-14-21(17-23)15-13-20/h6-15,23-24H,3-5,16-17H2,1-2H3. The van der Waals surface area contributed by atoms with Crippen LogP contribution in [0, 0.1) is 0 Å². The van der Waals surface area contributed by atoms with E-state index in [1.54, 1.807) is 0 Å². The number of benzene rings is 2. The predicted molar refractivity (Wildman–Crippen MR) is 102 cm³/mol. The molecule has 2 rings (SSSR count). The average molecular weight is 324 g/mol. The van der Waals surface area contributed by atoms with Gasteiger partial charge >= 0.3 is 0 Å². The molecule has 2 heteroatoms. The van der Waals surface area contributed by atoms with E-state index in [9.17, 15) is 5.11 Å². The molecular formula is C22H28O2. The van der Waals surface area contributed by atoms with Gasteiger partial charge in [0.1, 0.15) is 0 Å². The Morgan fingerprint density at radius 1 is 0.792 bits per heavy atom. The van der Waals surface area contributed by atoms with E-state index in [4.69, 9.17) is 5.11 Å².